The minimum atomic E-state index is 0.843. The highest BCUT2D eigenvalue weighted by molar-refractivity contribution is 5.07. The van der Waals surface area contributed by atoms with Crippen molar-refractivity contribution in [3.63, 3.8) is 0 Å². The molecule has 2 saturated carbocycles. The normalized spacial score (nSPS) is 43.8. The van der Waals surface area contributed by atoms with Crippen LogP contribution in [0.3, 0.4) is 0 Å². The molecule has 0 heteroatoms. The lowest BCUT2D eigenvalue weighted by Crippen LogP contribution is -2.15. The van der Waals surface area contributed by atoms with E-state index < -0.39 is 0 Å². The van der Waals surface area contributed by atoms with Gasteiger partial charge in [-0.25, -0.2) is 0 Å². The third-order valence-corrected chi connectivity index (χ3v) is 4.69. The summed E-state index contributed by atoms with van der Waals surface area (Å²) in [5.74, 6) is 3.12. The Labute approximate surface area is 76.7 Å². The van der Waals surface area contributed by atoms with Crippen LogP contribution >= 0.6 is 0 Å². The van der Waals surface area contributed by atoms with Crippen LogP contribution in [0, 0.1) is 23.2 Å². The molecule has 1 unspecified atom stereocenters. The van der Waals surface area contributed by atoms with E-state index in [1.807, 2.05) is 0 Å². The van der Waals surface area contributed by atoms with Gasteiger partial charge in [0.15, 0.2) is 0 Å². The van der Waals surface area contributed by atoms with E-state index in [9.17, 15) is 0 Å². The van der Waals surface area contributed by atoms with E-state index >= 15 is 0 Å². The zero-order chi connectivity index (χ0) is 8.77. The summed E-state index contributed by atoms with van der Waals surface area (Å²) in [7, 11) is 0. The molecule has 0 aromatic heterocycles. The number of rotatable bonds is 2. The van der Waals surface area contributed by atoms with Crippen LogP contribution in [0.2, 0.25) is 0 Å². The van der Waals surface area contributed by atoms with Crippen molar-refractivity contribution in [3.05, 3.63) is 0 Å². The summed E-state index contributed by atoms with van der Waals surface area (Å²) in [6.45, 7) is 7.29. The van der Waals surface area contributed by atoms with Crippen molar-refractivity contribution in [3.8, 4) is 0 Å². The average Bonchev–Trinajstić information content (AvgIpc) is 2.78. The molecule has 0 heterocycles. The van der Waals surface area contributed by atoms with E-state index in [0.717, 1.165) is 23.2 Å². The molecular weight excluding hydrogens is 144 g/mol. The second-order valence-corrected chi connectivity index (χ2v) is 5.22. The van der Waals surface area contributed by atoms with E-state index in [2.05, 4.69) is 20.8 Å². The van der Waals surface area contributed by atoms with Gasteiger partial charge < -0.3 is 0 Å². The quantitative estimate of drug-likeness (QED) is 0.584. The Morgan fingerprint density at radius 2 is 1.92 bits per heavy atom. The SMILES string of the molecule is CCC[C@@H]1CC(C)[C@H](C)C12CC2. The third-order valence-electron chi connectivity index (χ3n) is 4.69. The highest BCUT2D eigenvalue weighted by atomic mass is 14.6. The molecular formula is C12H22. The molecule has 0 amide bonds. The average molecular weight is 166 g/mol. The lowest BCUT2D eigenvalue weighted by atomic mass is 9.83. The van der Waals surface area contributed by atoms with Gasteiger partial charge in [0.1, 0.15) is 0 Å². The van der Waals surface area contributed by atoms with Crippen molar-refractivity contribution in [2.75, 3.05) is 0 Å². The van der Waals surface area contributed by atoms with Crippen molar-refractivity contribution in [1.82, 2.24) is 0 Å². The summed E-state index contributed by atoms with van der Waals surface area (Å²) in [6, 6.07) is 0. The van der Waals surface area contributed by atoms with E-state index in [4.69, 9.17) is 0 Å². The van der Waals surface area contributed by atoms with Crippen molar-refractivity contribution < 1.29 is 0 Å². The predicted molar refractivity (Wildman–Crippen MR) is 53.0 cm³/mol. The number of hydrogen-bond acceptors (Lipinski definition) is 0. The molecule has 2 aliphatic rings. The Kier molecular flexibility index (Phi) is 1.97. The summed E-state index contributed by atoms with van der Waals surface area (Å²) < 4.78 is 0. The first kappa shape index (κ1) is 8.59. The van der Waals surface area contributed by atoms with Crippen molar-refractivity contribution in [2.24, 2.45) is 23.2 Å². The maximum atomic E-state index is 2.49. The molecule has 3 atom stereocenters. The molecule has 1 spiro atoms. The minimum absolute atomic E-state index is 0.843. The van der Waals surface area contributed by atoms with Crippen LogP contribution in [0.1, 0.15) is 52.9 Å². The van der Waals surface area contributed by atoms with Gasteiger partial charge in [-0.1, -0.05) is 33.6 Å². The van der Waals surface area contributed by atoms with Crippen molar-refractivity contribution in [2.45, 2.75) is 52.9 Å². The first-order chi connectivity index (χ1) is 5.70. The second-order valence-electron chi connectivity index (χ2n) is 5.22. The fourth-order valence-corrected chi connectivity index (χ4v) is 3.59. The molecule has 2 rings (SSSR count). The lowest BCUT2D eigenvalue weighted by Gasteiger charge is -2.21. The molecule has 0 aliphatic heterocycles. The zero-order valence-electron chi connectivity index (χ0n) is 8.77. The van der Waals surface area contributed by atoms with E-state index in [1.54, 1.807) is 12.8 Å². The molecule has 0 saturated heterocycles. The standard InChI is InChI=1S/C12H22/c1-4-5-11-8-9(2)10(3)12(11)6-7-12/h9-11H,4-8H2,1-3H3/t9?,10-,11+/m0/s1. The molecule has 2 fully saturated rings. The van der Waals surface area contributed by atoms with Crippen LogP contribution in [-0.4, -0.2) is 0 Å². The fourth-order valence-electron chi connectivity index (χ4n) is 3.59. The van der Waals surface area contributed by atoms with Gasteiger partial charge in [-0.05, 0) is 42.4 Å². The van der Waals surface area contributed by atoms with Gasteiger partial charge in [0, 0.05) is 0 Å². The van der Waals surface area contributed by atoms with E-state index in [-0.39, 0.29) is 0 Å². The zero-order valence-corrected chi connectivity index (χ0v) is 8.77. The second kappa shape index (κ2) is 2.75. The van der Waals surface area contributed by atoms with Gasteiger partial charge in [0.25, 0.3) is 0 Å². The number of hydrogen-bond donors (Lipinski definition) is 0. The monoisotopic (exact) mass is 166 g/mol. The summed E-state index contributed by atoms with van der Waals surface area (Å²) in [4.78, 5) is 0. The van der Waals surface area contributed by atoms with Gasteiger partial charge in [-0.2, -0.15) is 0 Å². The molecule has 0 N–H and O–H groups in total. The van der Waals surface area contributed by atoms with Gasteiger partial charge in [-0.15, -0.1) is 0 Å². The van der Waals surface area contributed by atoms with Crippen LogP contribution in [-0.2, 0) is 0 Å². The molecule has 0 nitrogen and oxygen atoms in total. The van der Waals surface area contributed by atoms with Gasteiger partial charge in [0.05, 0.1) is 0 Å². The molecule has 0 aromatic carbocycles. The summed E-state index contributed by atoms with van der Waals surface area (Å²) >= 11 is 0. The first-order valence-electron chi connectivity index (χ1n) is 5.70. The predicted octanol–water partition coefficient (Wildman–Crippen LogP) is 3.86. The maximum absolute atomic E-state index is 2.49. The Morgan fingerprint density at radius 3 is 2.42 bits per heavy atom. The lowest BCUT2D eigenvalue weighted by molar-refractivity contribution is 0.271. The molecule has 12 heavy (non-hydrogen) atoms. The third kappa shape index (κ3) is 1.03. The fraction of sp³-hybridized carbons (Fsp3) is 1.00. The van der Waals surface area contributed by atoms with Crippen LogP contribution in [0.25, 0.3) is 0 Å². The van der Waals surface area contributed by atoms with Crippen LogP contribution < -0.4 is 0 Å². The highest BCUT2D eigenvalue weighted by Gasteiger charge is 2.57. The van der Waals surface area contributed by atoms with E-state index in [1.165, 1.54) is 19.3 Å². The molecule has 0 radical (unpaired) electrons. The van der Waals surface area contributed by atoms with Crippen molar-refractivity contribution >= 4 is 0 Å². The molecule has 0 bridgehead atoms. The Balaban J connectivity index is 2.07. The summed E-state index contributed by atoms with van der Waals surface area (Å²) in [5, 5.41) is 0. The maximum Gasteiger partial charge on any atom is -0.0240 e. The topological polar surface area (TPSA) is 0 Å². The highest BCUT2D eigenvalue weighted by Crippen LogP contribution is 2.66. The van der Waals surface area contributed by atoms with Gasteiger partial charge >= 0.3 is 0 Å². The molecule has 70 valence electrons. The van der Waals surface area contributed by atoms with Crippen LogP contribution in [0.4, 0.5) is 0 Å². The van der Waals surface area contributed by atoms with Crippen LogP contribution in [0.15, 0.2) is 0 Å². The first-order valence-corrected chi connectivity index (χ1v) is 5.70. The molecule has 2 aliphatic carbocycles. The molecule has 0 aromatic rings. The minimum Gasteiger partial charge on any atom is -0.0654 e. The summed E-state index contributed by atoms with van der Waals surface area (Å²) in [6.07, 6.45) is 7.50. The Hall–Kier alpha value is 0. The Morgan fingerprint density at radius 1 is 1.25 bits per heavy atom. The van der Waals surface area contributed by atoms with E-state index in [0.29, 0.717) is 0 Å². The largest absolute Gasteiger partial charge is 0.0654 e. The van der Waals surface area contributed by atoms with Gasteiger partial charge in [-0.3, -0.25) is 0 Å². The van der Waals surface area contributed by atoms with Crippen LogP contribution in [0.5, 0.6) is 0 Å². The van der Waals surface area contributed by atoms with Gasteiger partial charge in [0.2, 0.25) is 0 Å². The van der Waals surface area contributed by atoms with Crippen molar-refractivity contribution in [1.29, 1.82) is 0 Å². The summed E-state index contributed by atoms with van der Waals surface area (Å²) in [5.41, 5.74) is 0.843. The smallest absolute Gasteiger partial charge is 0.0240 e. The Bertz CT molecular complexity index is 167.